The van der Waals surface area contributed by atoms with Gasteiger partial charge >= 0.3 is 12.1 Å². The molecule has 2 atom stereocenters. The second-order valence-electron chi connectivity index (χ2n) is 4.31. The van der Waals surface area contributed by atoms with Gasteiger partial charge in [0, 0.05) is 6.54 Å². The Morgan fingerprint density at radius 2 is 2.29 bits per heavy atom. The Morgan fingerprint density at radius 1 is 1.59 bits per heavy atom. The second-order valence-corrected chi connectivity index (χ2v) is 4.31. The maximum atomic E-state index is 11.2. The number of fused-ring (bicyclic) bond motifs is 1. The lowest BCUT2D eigenvalue weighted by Gasteiger charge is -2.29. The van der Waals surface area contributed by atoms with E-state index >= 15 is 0 Å². The maximum Gasteiger partial charge on any atom is 0.407 e. The molecular formula is C10H15N3O4. The van der Waals surface area contributed by atoms with Gasteiger partial charge in [0.15, 0.2) is 0 Å². The average Bonchev–Trinajstić information content (AvgIpc) is 2.67. The number of likely N-dealkylation sites (tertiary alicyclic amines) is 1. The summed E-state index contributed by atoms with van der Waals surface area (Å²) in [5.74, 6) is -1.01. The standard InChI is InChI=1S/C10H15N3O4/c1-2-10(8(14)15)11-6-3-4-13(9(16)17)5-7(6)12-10/h6,11H,2-5H2,1H3,(H,14,15)(H,16,17). The summed E-state index contributed by atoms with van der Waals surface area (Å²) in [6, 6.07) is -0.110. The molecule has 2 aliphatic heterocycles. The van der Waals surface area contributed by atoms with Crippen molar-refractivity contribution >= 4 is 17.8 Å². The Labute approximate surface area is 98.1 Å². The van der Waals surface area contributed by atoms with Crippen LogP contribution in [0.15, 0.2) is 4.99 Å². The lowest BCUT2D eigenvalue weighted by atomic mass is 10.0. The third-order valence-electron chi connectivity index (χ3n) is 3.33. The van der Waals surface area contributed by atoms with Crippen molar-refractivity contribution < 1.29 is 19.8 Å². The minimum atomic E-state index is -1.27. The van der Waals surface area contributed by atoms with Crippen LogP contribution in [0.4, 0.5) is 4.79 Å². The summed E-state index contributed by atoms with van der Waals surface area (Å²) in [7, 11) is 0. The third kappa shape index (κ3) is 1.86. The Bertz CT molecular complexity index is 395. The summed E-state index contributed by atoms with van der Waals surface area (Å²) >= 11 is 0. The van der Waals surface area contributed by atoms with Crippen molar-refractivity contribution in [1.82, 2.24) is 10.2 Å². The summed E-state index contributed by atoms with van der Waals surface area (Å²) in [4.78, 5) is 27.5. The summed E-state index contributed by atoms with van der Waals surface area (Å²) in [6.07, 6.45) is -0.0780. The van der Waals surface area contributed by atoms with Crippen molar-refractivity contribution in [3.05, 3.63) is 0 Å². The van der Waals surface area contributed by atoms with Crippen LogP contribution in [0.5, 0.6) is 0 Å². The van der Waals surface area contributed by atoms with Crippen molar-refractivity contribution in [2.75, 3.05) is 13.1 Å². The van der Waals surface area contributed by atoms with E-state index in [2.05, 4.69) is 10.3 Å². The molecule has 0 aromatic carbocycles. The van der Waals surface area contributed by atoms with E-state index in [1.807, 2.05) is 0 Å². The van der Waals surface area contributed by atoms with E-state index in [9.17, 15) is 14.7 Å². The molecule has 94 valence electrons. The lowest BCUT2D eigenvalue weighted by molar-refractivity contribution is -0.144. The highest BCUT2D eigenvalue weighted by atomic mass is 16.4. The van der Waals surface area contributed by atoms with Gasteiger partial charge in [0.1, 0.15) is 0 Å². The number of rotatable bonds is 2. The Morgan fingerprint density at radius 3 is 2.82 bits per heavy atom. The first kappa shape index (κ1) is 11.8. The highest BCUT2D eigenvalue weighted by Gasteiger charge is 2.46. The van der Waals surface area contributed by atoms with Crippen molar-refractivity contribution in [3.8, 4) is 0 Å². The van der Waals surface area contributed by atoms with Crippen LogP contribution in [0, 0.1) is 0 Å². The van der Waals surface area contributed by atoms with Crippen LogP contribution in [-0.4, -0.2) is 57.7 Å². The number of amides is 1. The molecule has 0 aromatic heterocycles. The maximum absolute atomic E-state index is 11.2. The van der Waals surface area contributed by atoms with E-state index < -0.39 is 17.7 Å². The van der Waals surface area contributed by atoms with Gasteiger partial charge in [-0.2, -0.15) is 0 Å². The molecule has 3 N–H and O–H groups in total. The number of hydrogen-bond donors (Lipinski definition) is 3. The zero-order valence-electron chi connectivity index (χ0n) is 9.51. The number of nitrogens with zero attached hydrogens (tertiary/aromatic N) is 2. The fraction of sp³-hybridized carbons (Fsp3) is 0.700. The minimum absolute atomic E-state index is 0.110. The van der Waals surface area contributed by atoms with Crippen molar-refractivity contribution in [1.29, 1.82) is 0 Å². The van der Waals surface area contributed by atoms with Crippen LogP contribution in [-0.2, 0) is 4.79 Å². The van der Waals surface area contributed by atoms with Crippen LogP contribution in [0.3, 0.4) is 0 Å². The molecule has 2 unspecified atom stereocenters. The van der Waals surface area contributed by atoms with Crippen LogP contribution >= 0.6 is 0 Å². The molecule has 0 bridgehead atoms. The summed E-state index contributed by atoms with van der Waals surface area (Å²) in [6.45, 7) is 2.35. The number of piperidine rings is 1. The highest BCUT2D eigenvalue weighted by Crippen LogP contribution is 2.25. The zero-order chi connectivity index (χ0) is 12.6. The first-order valence-electron chi connectivity index (χ1n) is 5.56. The first-order chi connectivity index (χ1) is 7.98. The molecule has 0 saturated carbocycles. The van der Waals surface area contributed by atoms with E-state index in [-0.39, 0.29) is 12.6 Å². The molecule has 1 fully saturated rings. The molecule has 0 radical (unpaired) electrons. The van der Waals surface area contributed by atoms with Gasteiger partial charge in [-0.1, -0.05) is 6.92 Å². The predicted octanol–water partition coefficient (Wildman–Crippen LogP) is -0.0262. The summed E-state index contributed by atoms with van der Waals surface area (Å²) in [5, 5.41) is 21.1. The Kier molecular flexibility index (Phi) is 2.78. The number of aliphatic carboxylic acids is 1. The zero-order valence-corrected chi connectivity index (χ0v) is 9.51. The second kappa shape index (κ2) is 3.99. The van der Waals surface area contributed by atoms with Gasteiger partial charge < -0.3 is 15.1 Å². The van der Waals surface area contributed by atoms with Gasteiger partial charge in [-0.25, -0.2) is 9.59 Å². The number of nitrogens with one attached hydrogen (secondary N) is 1. The predicted molar refractivity (Wildman–Crippen MR) is 59.2 cm³/mol. The first-order valence-corrected chi connectivity index (χ1v) is 5.56. The molecule has 1 amide bonds. The van der Waals surface area contributed by atoms with Gasteiger partial charge in [-0.15, -0.1) is 0 Å². The van der Waals surface area contributed by atoms with E-state index in [1.54, 1.807) is 6.92 Å². The fourth-order valence-electron chi connectivity index (χ4n) is 2.28. The molecule has 0 aliphatic carbocycles. The van der Waals surface area contributed by atoms with Crippen LogP contribution < -0.4 is 5.32 Å². The summed E-state index contributed by atoms with van der Waals surface area (Å²) < 4.78 is 0. The van der Waals surface area contributed by atoms with Gasteiger partial charge in [0.25, 0.3) is 0 Å². The average molecular weight is 241 g/mol. The largest absolute Gasteiger partial charge is 0.478 e. The molecule has 2 heterocycles. The van der Waals surface area contributed by atoms with E-state index in [1.165, 1.54) is 4.90 Å². The Hall–Kier alpha value is -1.63. The fourth-order valence-corrected chi connectivity index (χ4v) is 2.28. The Balaban J connectivity index is 2.22. The van der Waals surface area contributed by atoms with E-state index in [0.717, 1.165) is 0 Å². The number of carboxylic acids is 1. The number of carbonyl (C=O) groups is 2. The van der Waals surface area contributed by atoms with Crippen LogP contribution in [0.25, 0.3) is 0 Å². The number of carboxylic acid groups (broad SMARTS) is 2. The van der Waals surface area contributed by atoms with E-state index in [0.29, 0.717) is 25.1 Å². The quantitative estimate of drug-likeness (QED) is 0.630. The number of hydrogen-bond acceptors (Lipinski definition) is 4. The molecular weight excluding hydrogens is 226 g/mol. The van der Waals surface area contributed by atoms with Gasteiger partial charge in [0.05, 0.1) is 18.3 Å². The third-order valence-corrected chi connectivity index (χ3v) is 3.33. The van der Waals surface area contributed by atoms with Gasteiger partial charge in [-0.3, -0.25) is 10.3 Å². The van der Waals surface area contributed by atoms with E-state index in [4.69, 9.17) is 5.11 Å². The molecule has 0 spiro atoms. The van der Waals surface area contributed by atoms with Gasteiger partial charge in [0.2, 0.25) is 5.66 Å². The van der Waals surface area contributed by atoms with Gasteiger partial charge in [-0.05, 0) is 12.8 Å². The lowest BCUT2D eigenvalue weighted by Crippen LogP contribution is -2.53. The SMILES string of the molecule is CCC1(C(=O)O)N=C2CN(C(=O)O)CCC2N1. The summed E-state index contributed by atoms with van der Waals surface area (Å²) in [5.41, 5.74) is -0.642. The topological polar surface area (TPSA) is 102 Å². The molecule has 1 saturated heterocycles. The van der Waals surface area contributed by atoms with Crippen molar-refractivity contribution in [2.24, 2.45) is 4.99 Å². The van der Waals surface area contributed by atoms with Crippen LogP contribution in [0.2, 0.25) is 0 Å². The molecule has 2 rings (SSSR count). The number of aliphatic imine (C=N–C) groups is 1. The van der Waals surface area contributed by atoms with Crippen molar-refractivity contribution in [3.63, 3.8) is 0 Å². The molecule has 7 heteroatoms. The molecule has 17 heavy (non-hydrogen) atoms. The van der Waals surface area contributed by atoms with Crippen molar-refractivity contribution in [2.45, 2.75) is 31.5 Å². The minimum Gasteiger partial charge on any atom is -0.478 e. The normalized spacial score (nSPS) is 31.9. The molecule has 7 nitrogen and oxygen atoms in total. The monoisotopic (exact) mass is 241 g/mol. The molecule has 0 aromatic rings. The molecule has 2 aliphatic rings. The smallest absolute Gasteiger partial charge is 0.407 e. The van der Waals surface area contributed by atoms with Crippen LogP contribution in [0.1, 0.15) is 19.8 Å². The highest BCUT2D eigenvalue weighted by molar-refractivity contribution is 5.99.